The maximum Gasteiger partial charge on any atom is 0.265 e. The van der Waals surface area contributed by atoms with Gasteiger partial charge in [-0.05, 0) is 50.9 Å². The molecule has 39 heavy (non-hydrogen) atoms. The predicted octanol–water partition coefficient (Wildman–Crippen LogP) is 2.14. The summed E-state index contributed by atoms with van der Waals surface area (Å²) in [5.41, 5.74) is 3.84. The number of piperazine rings is 1. The highest BCUT2D eigenvalue weighted by molar-refractivity contribution is 5.94. The van der Waals surface area contributed by atoms with Crippen LogP contribution in [0.25, 0.3) is 0 Å². The van der Waals surface area contributed by atoms with Crippen molar-refractivity contribution in [3.63, 3.8) is 0 Å². The van der Waals surface area contributed by atoms with E-state index in [1.165, 1.54) is 18.9 Å². The van der Waals surface area contributed by atoms with E-state index in [-0.39, 0.29) is 28.5 Å². The van der Waals surface area contributed by atoms with Gasteiger partial charge in [0.15, 0.2) is 6.29 Å². The summed E-state index contributed by atoms with van der Waals surface area (Å²) in [6.45, 7) is 3.90. The van der Waals surface area contributed by atoms with E-state index in [1.807, 2.05) is 19.1 Å². The summed E-state index contributed by atoms with van der Waals surface area (Å²) in [5, 5.41) is 8.49. The Kier molecular flexibility index (Phi) is 6.96. The van der Waals surface area contributed by atoms with Gasteiger partial charge in [0.2, 0.25) is 5.91 Å². The third-order valence-electron chi connectivity index (χ3n) is 9.10. The van der Waals surface area contributed by atoms with Crippen molar-refractivity contribution in [1.82, 2.24) is 30.5 Å². The van der Waals surface area contributed by atoms with E-state index >= 15 is 4.39 Å². The molecule has 0 radical (unpaired) electrons. The molecular formula is C28H39FN8O2. The van der Waals surface area contributed by atoms with Crippen molar-refractivity contribution < 1.29 is 14.0 Å². The van der Waals surface area contributed by atoms with Gasteiger partial charge in [0.25, 0.3) is 5.91 Å². The molecule has 2 amide bonds. The number of nitrogens with one attached hydrogen (secondary N) is 3. The van der Waals surface area contributed by atoms with Gasteiger partial charge in [0.1, 0.15) is 17.3 Å². The number of likely N-dealkylation sites (N-methyl/N-ethyl adjacent to an activating group) is 1. The van der Waals surface area contributed by atoms with Crippen LogP contribution in [-0.2, 0) is 4.79 Å². The number of rotatable bonds is 5. The van der Waals surface area contributed by atoms with Gasteiger partial charge in [-0.2, -0.15) is 0 Å². The SMILES string of the molecule is CN1CCN(NC(=O)c2ccc(NC3N=CC4=C(N3)N(C3CCCC3)CC3(CCC3)C(=O)N4C)c(F)c2)CC1. The minimum Gasteiger partial charge on any atom is -0.353 e. The van der Waals surface area contributed by atoms with E-state index in [2.05, 4.69) is 30.9 Å². The molecule has 3 heterocycles. The van der Waals surface area contributed by atoms with Gasteiger partial charge in [-0.15, -0.1) is 0 Å². The average Bonchev–Trinajstić information content (AvgIpc) is 3.42. The highest BCUT2D eigenvalue weighted by Crippen LogP contribution is 2.47. The van der Waals surface area contributed by atoms with Crippen molar-refractivity contribution >= 4 is 23.7 Å². The number of allylic oxidation sites excluding steroid dienone is 1. The summed E-state index contributed by atoms with van der Waals surface area (Å²) >= 11 is 0. The number of carbonyl (C=O) groups is 2. The van der Waals surface area contributed by atoms with E-state index in [0.29, 0.717) is 12.6 Å². The average molecular weight is 539 g/mol. The molecule has 210 valence electrons. The number of amides is 2. The lowest BCUT2D eigenvalue weighted by molar-refractivity contribution is -0.144. The van der Waals surface area contributed by atoms with Gasteiger partial charge in [0, 0.05) is 51.4 Å². The first-order chi connectivity index (χ1) is 18.8. The molecule has 3 fully saturated rings. The monoisotopic (exact) mass is 538 g/mol. The highest BCUT2D eigenvalue weighted by atomic mass is 19.1. The molecule has 5 aliphatic rings. The number of hydrazine groups is 1. The lowest BCUT2D eigenvalue weighted by Crippen LogP contribution is -2.52. The van der Waals surface area contributed by atoms with Crippen LogP contribution < -0.4 is 16.1 Å². The van der Waals surface area contributed by atoms with Crippen LogP contribution in [0.2, 0.25) is 0 Å². The Balaban J connectivity index is 1.17. The molecule has 1 spiro atoms. The molecule has 6 rings (SSSR count). The van der Waals surface area contributed by atoms with Crippen molar-refractivity contribution in [1.29, 1.82) is 0 Å². The van der Waals surface area contributed by atoms with Crippen molar-refractivity contribution in [3.05, 3.63) is 41.1 Å². The molecular weight excluding hydrogens is 499 g/mol. The van der Waals surface area contributed by atoms with Gasteiger partial charge < -0.3 is 25.3 Å². The van der Waals surface area contributed by atoms with E-state index in [0.717, 1.165) is 69.8 Å². The van der Waals surface area contributed by atoms with Crippen LogP contribution in [0.3, 0.4) is 0 Å². The molecule has 10 nitrogen and oxygen atoms in total. The second kappa shape index (κ2) is 10.4. The van der Waals surface area contributed by atoms with Crippen LogP contribution in [-0.4, -0.2) is 96.9 Å². The fourth-order valence-electron chi connectivity index (χ4n) is 6.48. The molecule has 11 heteroatoms. The molecule has 1 unspecified atom stereocenters. The standard InChI is InChI=1S/C28H39FN8O2/c1-34-12-14-36(15-13-34)33-25(38)19-8-9-22(21(29)16-19)31-27-30-17-23-24(32-27)37(20-6-3-4-7-20)18-28(10-5-11-28)26(39)35(23)2/h8-9,16-17,20,27,31-32H,3-7,10-15,18H2,1-2H3,(H,33,38). The molecule has 2 aliphatic carbocycles. The van der Waals surface area contributed by atoms with Crippen molar-refractivity contribution in [2.75, 3.05) is 52.1 Å². The van der Waals surface area contributed by atoms with Crippen LogP contribution in [0.4, 0.5) is 10.1 Å². The Hall–Kier alpha value is -3.18. The number of carbonyl (C=O) groups excluding carboxylic acids is 2. The largest absolute Gasteiger partial charge is 0.353 e. The smallest absolute Gasteiger partial charge is 0.265 e. The normalized spacial score (nSPS) is 25.8. The number of aliphatic imine (C=N–C) groups is 1. The zero-order valence-corrected chi connectivity index (χ0v) is 22.9. The zero-order valence-electron chi connectivity index (χ0n) is 22.9. The maximum absolute atomic E-state index is 15.2. The summed E-state index contributed by atoms with van der Waals surface area (Å²) in [5.74, 6) is 0.208. The zero-order chi connectivity index (χ0) is 27.1. The predicted molar refractivity (Wildman–Crippen MR) is 147 cm³/mol. The van der Waals surface area contributed by atoms with Crippen LogP contribution in [0.1, 0.15) is 55.3 Å². The number of nitrogens with zero attached hydrogens (tertiary/aromatic N) is 5. The van der Waals surface area contributed by atoms with Crippen molar-refractivity contribution in [2.24, 2.45) is 10.4 Å². The van der Waals surface area contributed by atoms with Gasteiger partial charge in [-0.25, -0.2) is 14.4 Å². The summed E-state index contributed by atoms with van der Waals surface area (Å²) in [6.07, 6.45) is 8.63. The van der Waals surface area contributed by atoms with Gasteiger partial charge in [-0.1, -0.05) is 19.3 Å². The van der Waals surface area contributed by atoms with Gasteiger partial charge >= 0.3 is 0 Å². The van der Waals surface area contributed by atoms with Crippen LogP contribution in [0, 0.1) is 11.2 Å². The summed E-state index contributed by atoms with van der Waals surface area (Å²) < 4.78 is 15.2. The fourth-order valence-corrected chi connectivity index (χ4v) is 6.48. The molecule has 2 saturated carbocycles. The molecule has 0 bridgehead atoms. The van der Waals surface area contributed by atoms with E-state index < -0.39 is 12.1 Å². The minimum atomic E-state index is -0.605. The van der Waals surface area contributed by atoms with E-state index in [4.69, 9.17) is 0 Å². The summed E-state index contributed by atoms with van der Waals surface area (Å²) in [6, 6.07) is 4.84. The molecule has 3 N–H and O–H groups in total. The molecule has 3 aliphatic heterocycles. The lowest BCUT2D eigenvalue weighted by Gasteiger charge is -2.45. The second-order valence-corrected chi connectivity index (χ2v) is 11.7. The van der Waals surface area contributed by atoms with Crippen molar-refractivity contribution in [2.45, 2.75) is 57.3 Å². The molecule has 1 aromatic carbocycles. The Labute approximate surface area is 229 Å². The summed E-state index contributed by atoms with van der Waals surface area (Å²) in [7, 11) is 3.89. The first-order valence-electron chi connectivity index (χ1n) is 14.2. The lowest BCUT2D eigenvalue weighted by atomic mass is 9.67. The number of anilines is 1. The number of hydrogen-bond acceptors (Lipinski definition) is 8. The summed E-state index contributed by atoms with van der Waals surface area (Å²) in [4.78, 5) is 37.1. The first kappa shape index (κ1) is 26.1. The molecule has 1 atom stereocenters. The third kappa shape index (κ3) is 4.98. The Bertz CT molecular complexity index is 1180. The maximum atomic E-state index is 15.2. The quantitative estimate of drug-likeness (QED) is 0.529. The topological polar surface area (TPSA) is 95.5 Å². The van der Waals surface area contributed by atoms with Crippen LogP contribution >= 0.6 is 0 Å². The van der Waals surface area contributed by atoms with Crippen molar-refractivity contribution in [3.8, 4) is 0 Å². The van der Waals surface area contributed by atoms with E-state index in [9.17, 15) is 9.59 Å². The Morgan fingerprint density at radius 1 is 1.10 bits per heavy atom. The van der Waals surface area contributed by atoms with Gasteiger partial charge in [-0.3, -0.25) is 15.0 Å². The van der Waals surface area contributed by atoms with Crippen LogP contribution in [0.15, 0.2) is 34.7 Å². The Morgan fingerprint density at radius 3 is 2.51 bits per heavy atom. The number of benzene rings is 1. The third-order valence-corrected chi connectivity index (χ3v) is 9.10. The number of hydrogen-bond donors (Lipinski definition) is 3. The fraction of sp³-hybridized carbons (Fsp3) is 0.607. The second-order valence-electron chi connectivity index (χ2n) is 11.7. The first-order valence-corrected chi connectivity index (χ1v) is 14.2. The molecule has 1 saturated heterocycles. The minimum absolute atomic E-state index is 0.165. The Morgan fingerprint density at radius 2 is 1.85 bits per heavy atom. The highest BCUT2D eigenvalue weighted by Gasteiger charge is 2.51. The molecule has 1 aromatic rings. The molecule has 0 aromatic heterocycles. The number of halogens is 1. The van der Waals surface area contributed by atoms with E-state index in [1.54, 1.807) is 23.2 Å². The van der Waals surface area contributed by atoms with Gasteiger partial charge in [0.05, 0.1) is 17.3 Å². The van der Waals surface area contributed by atoms with Crippen LogP contribution in [0.5, 0.6) is 0 Å².